The van der Waals surface area contributed by atoms with Gasteiger partial charge in [0.15, 0.2) is 5.65 Å². The highest BCUT2D eigenvalue weighted by atomic mass is 15.4. The van der Waals surface area contributed by atoms with Crippen LogP contribution >= 0.6 is 0 Å². The Morgan fingerprint density at radius 1 is 1.05 bits per heavy atom. The molecule has 100 valence electrons. The van der Waals surface area contributed by atoms with E-state index in [2.05, 4.69) is 40.5 Å². The van der Waals surface area contributed by atoms with Crippen LogP contribution < -0.4 is 4.90 Å². The Morgan fingerprint density at radius 2 is 1.85 bits per heavy atom. The number of fused-ring (bicyclic) bond motifs is 4. The summed E-state index contributed by atoms with van der Waals surface area (Å²) in [7, 11) is 3.90. The highest BCUT2D eigenvalue weighted by molar-refractivity contribution is 5.71. The fourth-order valence-corrected chi connectivity index (χ4v) is 2.79. The van der Waals surface area contributed by atoms with E-state index in [1.807, 2.05) is 23.5 Å². The maximum atomic E-state index is 4.79. The largest absolute Gasteiger partial charge is 0.346 e. The van der Waals surface area contributed by atoms with Gasteiger partial charge in [-0.2, -0.15) is 9.61 Å². The van der Waals surface area contributed by atoms with Crippen molar-refractivity contribution in [1.82, 2.24) is 19.8 Å². The minimum Gasteiger partial charge on any atom is -0.346 e. The number of aryl methyl sites for hydroxylation is 2. The van der Waals surface area contributed by atoms with Crippen LogP contribution in [-0.2, 0) is 12.8 Å². The van der Waals surface area contributed by atoms with Crippen molar-refractivity contribution < 1.29 is 0 Å². The molecule has 1 aliphatic carbocycles. The number of benzene rings is 1. The lowest BCUT2D eigenvalue weighted by atomic mass is 9.89. The van der Waals surface area contributed by atoms with E-state index in [0.717, 1.165) is 30.1 Å². The highest BCUT2D eigenvalue weighted by Crippen LogP contribution is 2.32. The molecule has 0 amide bonds. The second-order valence-corrected chi connectivity index (χ2v) is 5.34. The second kappa shape index (κ2) is 4.03. The van der Waals surface area contributed by atoms with Crippen molar-refractivity contribution in [2.24, 2.45) is 0 Å². The van der Waals surface area contributed by atoms with E-state index in [1.54, 1.807) is 0 Å². The first-order valence-corrected chi connectivity index (χ1v) is 6.75. The zero-order valence-corrected chi connectivity index (χ0v) is 11.5. The quantitative estimate of drug-likeness (QED) is 0.674. The SMILES string of the molecule is CN(C)c1nnc2cc3c(nn12)-c1ccccc1CC3. The monoisotopic (exact) mass is 265 g/mol. The van der Waals surface area contributed by atoms with Crippen molar-refractivity contribution in [1.29, 1.82) is 0 Å². The van der Waals surface area contributed by atoms with Crippen LogP contribution in [0, 0.1) is 0 Å². The van der Waals surface area contributed by atoms with Crippen LogP contribution in [0.4, 0.5) is 5.95 Å². The van der Waals surface area contributed by atoms with E-state index in [9.17, 15) is 0 Å². The molecule has 0 saturated carbocycles. The Morgan fingerprint density at radius 3 is 2.70 bits per heavy atom. The van der Waals surface area contributed by atoms with Crippen LogP contribution in [0.3, 0.4) is 0 Å². The molecule has 5 heteroatoms. The van der Waals surface area contributed by atoms with Gasteiger partial charge in [0.1, 0.15) is 0 Å². The number of aromatic nitrogens is 4. The van der Waals surface area contributed by atoms with Crippen LogP contribution in [0.25, 0.3) is 16.9 Å². The van der Waals surface area contributed by atoms with E-state index in [0.29, 0.717) is 0 Å². The number of hydrogen-bond donors (Lipinski definition) is 0. The Hall–Kier alpha value is -2.43. The predicted octanol–water partition coefficient (Wildman–Crippen LogP) is 1.96. The average Bonchev–Trinajstić information content (AvgIpc) is 2.88. The summed E-state index contributed by atoms with van der Waals surface area (Å²) in [6.07, 6.45) is 2.08. The number of hydrogen-bond acceptors (Lipinski definition) is 4. The molecule has 2 heterocycles. The average molecular weight is 265 g/mol. The van der Waals surface area contributed by atoms with Crippen LogP contribution in [0.15, 0.2) is 30.3 Å². The summed E-state index contributed by atoms with van der Waals surface area (Å²) in [5.41, 5.74) is 5.73. The Balaban J connectivity index is 2.02. The van der Waals surface area contributed by atoms with E-state index < -0.39 is 0 Å². The van der Waals surface area contributed by atoms with Crippen LogP contribution in [0.1, 0.15) is 11.1 Å². The molecule has 0 bridgehead atoms. The van der Waals surface area contributed by atoms with Gasteiger partial charge in [-0.05, 0) is 30.0 Å². The molecule has 20 heavy (non-hydrogen) atoms. The molecule has 2 aromatic heterocycles. The standard InChI is InChI=1S/C15H15N5/c1-19(2)15-17-16-13-9-11-8-7-10-5-3-4-6-12(10)14(11)18-20(13)15/h3-6,9H,7-8H2,1-2H3. The van der Waals surface area contributed by atoms with E-state index in [4.69, 9.17) is 5.10 Å². The van der Waals surface area contributed by atoms with Gasteiger partial charge < -0.3 is 4.90 Å². The van der Waals surface area contributed by atoms with Gasteiger partial charge in [-0.1, -0.05) is 24.3 Å². The maximum Gasteiger partial charge on any atom is 0.248 e. The predicted molar refractivity (Wildman–Crippen MR) is 78.0 cm³/mol. The molecular formula is C15H15N5. The maximum absolute atomic E-state index is 4.79. The van der Waals surface area contributed by atoms with Gasteiger partial charge in [0.25, 0.3) is 0 Å². The third kappa shape index (κ3) is 1.52. The fraction of sp³-hybridized carbons (Fsp3) is 0.267. The zero-order valence-electron chi connectivity index (χ0n) is 11.5. The van der Waals surface area contributed by atoms with Gasteiger partial charge >= 0.3 is 0 Å². The van der Waals surface area contributed by atoms with Crippen molar-refractivity contribution in [2.45, 2.75) is 12.8 Å². The molecular weight excluding hydrogens is 250 g/mol. The van der Waals surface area contributed by atoms with E-state index in [1.165, 1.54) is 16.7 Å². The van der Waals surface area contributed by atoms with Crippen molar-refractivity contribution >= 4 is 11.6 Å². The molecule has 0 aliphatic heterocycles. The lowest BCUT2D eigenvalue weighted by Gasteiger charge is -2.19. The second-order valence-electron chi connectivity index (χ2n) is 5.34. The first-order valence-electron chi connectivity index (χ1n) is 6.75. The molecule has 0 saturated heterocycles. The van der Waals surface area contributed by atoms with Gasteiger partial charge in [0.2, 0.25) is 5.95 Å². The van der Waals surface area contributed by atoms with Gasteiger partial charge in [0.05, 0.1) is 5.69 Å². The van der Waals surface area contributed by atoms with Crippen molar-refractivity contribution in [3.8, 4) is 11.3 Å². The molecule has 1 aromatic carbocycles. The van der Waals surface area contributed by atoms with Crippen molar-refractivity contribution in [2.75, 3.05) is 19.0 Å². The van der Waals surface area contributed by atoms with Crippen LogP contribution in [0.2, 0.25) is 0 Å². The molecule has 0 unspecified atom stereocenters. The van der Waals surface area contributed by atoms with Gasteiger partial charge in [-0.3, -0.25) is 0 Å². The summed E-state index contributed by atoms with van der Waals surface area (Å²) in [4.78, 5) is 1.92. The lowest BCUT2D eigenvalue weighted by Crippen LogP contribution is -2.15. The normalized spacial score (nSPS) is 13.1. The smallest absolute Gasteiger partial charge is 0.248 e. The summed E-state index contributed by atoms with van der Waals surface area (Å²) in [5, 5.41) is 13.2. The summed E-state index contributed by atoms with van der Waals surface area (Å²) in [6, 6.07) is 10.6. The van der Waals surface area contributed by atoms with Crippen molar-refractivity contribution in [3.05, 3.63) is 41.5 Å². The minimum absolute atomic E-state index is 0.755. The highest BCUT2D eigenvalue weighted by Gasteiger charge is 2.20. The molecule has 3 aromatic rings. The molecule has 5 nitrogen and oxygen atoms in total. The molecule has 0 N–H and O–H groups in total. The molecule has 0 radical (unpaired) electrons. The summed E-state index contributed by atoms with van der Waals surface area (Å²) in [6.45, 7) is 0. The van der Waals surface area contributed by atoms with Gasteiger partial charge in [-0.25, -0.2) is 0 Å². The van der Waals surface area contributed by atoms with E-state index in [-0.39, 0.29) is 0 Å². The third-order valence-corrected chi connectivity index (χ3v) is 3.79. The molecule has 0 spiro atoms. The minimum atomic E-state index is 0.755. The molecule has 0 fully saturated rings. The molecule has 1 aliphatic rings. The molecule has 4 rings (SSSR count). The topological polar surface area (TPSA) is 46.3 Å². The zero-order chi connectivity index (χ0) is 13.7. The van der Waals surface area contributed by atoms with Crippen LogP contribution in [-0.4, -0.2) is 33.9 Å². The van der Waals surface area contributed by atoms with Gasteiger partial charge in [0, 0.05) is 19.7 Å². The number of rotatable bonds is 1. The fourth-order valence-electron chi connectivity index (χ4n) is 2.79. The Labute approximate surface area is 116 Å². The first-order chi connectivity index (χ1) is 9.74. The first kappa shape index (κ1) is 11.4. The Bertz CT molecular complexity index is 803. The van der Waals surface area contributed by atoms with E-state index >= 15 is 0 Å². The van der Waals surface area contributed by atoms with Crippen LogP contribution in [0.5, 0.6) is 0 Å². The lowest BCUT2D eigenvalue weighted by molar-refractivity contribution is 0.850. The molecule has 0 atom stereocenters. The van der Waals surface area contributed by atoms with Gasteiger partial charge in [-0.15, -0.1) is 10.2 Å². The summed E-state index contributed by atoms with van der Waals surface area (Å²) < 4.78 is 1.82. The number of anilines is 1. The Kier molecular flexibility index (Phi) is 2.30. The number of nitrogens with zero attached hydrogens (tertiary/aromatic N) is 5. The summed E-state index contributed by atoms with van der Waals surface area (Å²) >= 11 is 0. The third-order valence-electron chi connectivity index (χ3n) is 3.79. The van der Waals surface area contributed by atoms with Crippen molar-refractivity contribution in [3.63, 3.8) is 0 Å². The summed E-state index contributed by atoms with van der Waals surface area (Å²) in [5.74, 6) is 0.755.